The van der Waals surface area contributed by atoms with Crippen LogP contribution in [0.2, 0.25) is 0 Å². The standard InChI is InChI=1S/C25H25N3O6S2/c1-3-33-24(30)22-20(17-6-4-7-18(14-17)28(31)32)15-36-23(22)27-25(35)26-21(29)8-5-13-34-19-11-9-16(2)10-12-19/h4,6-7,9-12,14-15H,3,5,8,13H2,1-2H3,(H2,26,27,29,35). The van der Waals surface area contributed by atoms with E-state index in [2.05, 4.69) is 10.6 Å². The van der Waals surface area contributed by atoms with Gasteiger partial charge in [0.25, 0.3) is 5.69 Å². The number of aryl methyl sites for hydroxylation is 1. The zero-order chi connectivity index (χ0) is 26.1. The Morgan fingerprint density at radius 3 is 2.61 bits per heavy atom. The second kappa shape index (κ2) is 12.8. The Hall–Kier alpha value is -3.83. The summed E-state index contributed by atoms with van der Waals surface area (Å²) in [5.74, 6) is -0.166. The number of anilines is 1. The van der Waals surface area contributed by atoms with Crippen LogP contribution in [-0.2, 0) is 9.53 Å². The van der Waals surface area contributed by atoms with Crippen LogP contribution in [0.5, 0.6) is 5.75 Å². The molecule has 9 nitrogen and oxygen atoms in total. The first kappa shape index (κ1) is 26.8. The normalized spacial score (nSPS) is 10.4. The Kier molecular flexibility index (Phi) is 9.48. The fourth-order valence-electron chi connectivity index (χ4n) is 3.24. The van der Waals surface area contributed by atoms with Gasteiger partial charge < -0.3 is 20.1 Å². The Morgan fingerprint density at radius 2 is 1.92 bits per heavy atom. The van der Waals surface area contributed by atoms with Crippen LogP contribution in [0.4, 0.5) is 10.7 Å². The van der Waals surface area contributed by atoms with Crippen molar-refractivity contribution < 1.29 is 24.0 Å². The molecule has 0 fully saturated rings. The van der Waals surface area contributed by atoms with Gasteiger partial charge in [0.15, 0.2) is 5.11 Å². The molecule has 0 saturated heterocycles. The average Bonchev–Trinajstić information content (AvgIpc) is 3.26. The number of benzene rings is 2. The van der Waals surface area contributed by atoms with Crippen molar-refractivity contribution in [2.45, 2.75) is 26.7 Å². The summed E-state index contributed by atoms with van der Waals surface area (Å²) >= 11 is 6.44. The summed E-state index contributed by atoms with van der Waals surface area (Å²) in [6.07, 6.45) is 0.689. The van der Waals surface area contributed by atoms with E-state index < -0.39 is 10.9 Å². The van der Waals surface area contributed by atoms with Crippen LogP contribution in [-0.4, -0.2) is 35.1 Å². The van der Waals surface area contributed by atoms with Crippen molar-refractivity contribution in [2.24, 2.45) is 0 Å². The van der Waals surface area contributed by atoms with E-state index in [0.717, 1.165) is 11.3 Å². The summed E-state index contributed by atoms with van der Waals surface area (Å²) in [7, 11) is 0. The molecule has 0 atom stereocenters. The van der Waals surface area contributed by atoms with Gasteiger partial charge in [-0.2, -0.15) is 0 Å². The number of hydrogen-bond donors (Lipinski definition) is 2. The van der Waals surface area contributed by atoms with Crippen LogP contribution in [0.3, 0.4) is 0 Å². The number of hydrogen-bond acceptors (Lipinski definition) is 8. The van der Waals surface area contributed by atoms with Crippen molar-refractivity contribution >= 4 is 51.2 Å². The molecule has 0 unspecified atom stereocenters. The zero-order valence-electron chi connectivity index (χ0n) is 19.7. The highest BCUT2D eigenvalue weighted by atomic mass is 32.1. The van der Waals surface area contributed by atoms with E-state index in [1.165, 1.54) is 23.5 Å². The molecule has 188 valence electrons. The minimum atomic E-state index is -0.606. The number of rotatable bonds is 10. The SMILES string of the molecule is CCOC(=O)c1c(-c2cccc([N+](=O)[O-])c2)csc1NC(=S)NC(=O)CCCOc1ccc(C)cc1. The second-order valence-corrected chi connectivity index (χ2v) is 8.94. The van der Waals surface area contributed by atoms with E-state index in [-0.39, 0.29) is 35.3 Å². The maximum absolute atomic E-state index is 12.7. The maximum Gasteiger partial charge on any atom is 0.341 e. The first-order valence-corrected chi connectivity index (χ1v) is 12.4. The number of carbonyl (C=O) groups excluding carboxylic acids is 2. The molecule has 0 aliphatic heterocycles. The molecule has 0 bridgehead atoms. The highest BCUT2D eigenvalue weighted by Gasteiger charge is 2.23. The molecule has 1 heterocycles. The average molecular weight is 528 g/mol. The monoisotopic (exact) mass is 527 g/mol. The molecule has 0 aliphatic carbocycles. The molecule has 3 rings (SSSR count). The summed E-state index contributed by atoms with van der Waals surface area (Å²) < 4.78 is 10.8. The minimum absolute atomic E-state index is 0.0254. The summed E-state index contributed by atoms with van der Waals surface area (Å²) in [6.45, 7) is 4.19. The number of nitrogens with one attached hydrogen (secondary N) is 2. The Bertz CT molecular complexity index is 1260. The molecule has 2 aromatic carbocycles. The van der Waals surface area contributed by atoms with Crippen molar-refractivity contribution in [3.63, 3.8) is 0 Å². The Balaban J connectivity index is 1.63. The third-order valence-electron chi connectivity index (χ3n) is 4.96. The second-order valence-electron chi connectivity index (χ2n) is 7.65. The number of esters is 1. The molecular weight excluding hydrogens is 502 g/mol. The number of amides is 1. The van der Waals surface area contributed by atoms with Gasteiger partial charge in [0.1, 0.15) is 16.3 Å². The lowest BCUT2D eigenvalue weighted by Crippen LogP contribution is -2.34. The number of thiocarbonyl (C=S) groups is 1. The largest absolute Gasteiger partial charge is 0.494 e. The maximum atomic E-state index is 12.7. The highest BCUT2D eigenvalue weighted by Crippen LogP contribution is 2.37. The zero-order valence-corrected chi connectivity index (χ0v) is 21.4. The van der Waals surface area contributed by atoms with Crippen LogP contribution >= 0.6 is 23.6 Å². The van der Waals surface area contributed by atoms with Gasteiger partial charge in [-0.05, 0) is 50.2 Å². The topological polar surface area (TPSA) is 120 Å². The third kappa shape index (κ3) is 7.33. The molecule has 0 saturated carbocycles. The molecule has 0 spiro atoms. The minimum Gasteiger partial charge on any atom is -0.494 e. The molecule has 0 radical (unpaired) electrons. The van der Waals surface area contributed by atoms with Gasteiger partial charge in [0, 0.05) is 29.5 Å². The van der Waals surface area contributed by atoms with Gasteiger partial charge in [-0.15, -0.1) is 11.3 Å². The Labute approximate surface area is 217 Å². The van der Waals surface area contributed by atoms with E-state index in [1.54, 1.807) is 24.4 Å². The van der Waals surface area contributed by atoms with E-state index in [9.17, 15) is 19.7 Å². The quantitative estimate of drug-likeness (QED) is 0.117. The summed E-state index contributed by atoms with van der Waals surface area (Å²) in [4.78, 5) is 35.7. The molecule has 2 N–H and O–H groups in total. The van der Waals surface area contributed by atoms with Crippen molar-refractivity contribution in [2.75, 3.05) is 18.5 Å². The first-order valence-electron chi connectivity index (χ1n) is 11.1. The number of non-ortho nitro benzene ring substituents is 1. The van der Waals surface area contributed by atoms with Gasteiger partial charge in [-0.3, -0.25) is 14.9 Å². The molecule has 0 aliphatic rings. The molecular formula is C25H25N3O6S2. The van der Waals surface area contributed by atoms with Crippen molar-refractivity contribution in [1.29, 1.82) is 0 Å². The van der Waals surface area contributed by atoms with E-state index in [1.807, 2.05) is 31.2 Å². The van der Waals surface area contributed by atoms with Crippen LogP contribution in [0.15, 0.2) is 53.9 Å². The fraction of sp³-hybridized carbons (Fsp3) is 0.240. The van der Waals surface area contributed by atoms with Crippen molar-refractivity contribution in [3.8, 4) is 16.9 Å². The van der Waals surface area contributed by atoms with Crippen molar-refractivity contribution in [3.05, 3.63) is 75.2 Å². The fourth-order valence-corrected chi connectivity index (χ4v) is 4.48. The predicted octanol–water partition coefficient (Wildman–Crippen LogP) is 5.48. The van der Waals surface area contributed by atoms with Gasteiger partial charge in [0.05, 0.1) is 18.1 Å². The smallest absolute Gasteiger partial charge is 0.341 e. The first-order chi connectivity index (χ1) is 17.3. The molecule has 11 heteroatoms. The molecule has 3 aromatic rings. The number of nitro benzene ring substituents is 1. The lowest BCUT2D eigenvalue weighted by molar-refractivity contribution is -0.384. The van der Waals surface area contributed by atoms with Gasteiger partial charge in [0.2, 0.25) is 5.91 Å². The third-order valence-corrected chi connectivity index (χ3v) is 6.06. The molecule has 36 heavy (non-hydrogen) atoms. The number of carbonyl (C=O) groups is 2. The number of nitrogens with zero attached hydrogens (tertiary/aromatic N) is 1. The van der Waals surface area contributed by atoms with Crippen LogP contribution in [0.25, 0.3) is 11.1 Å². The van der Waals surface area contributed by atoms with Gasteiger partial charge in [-0.1, -0.05) is 29.8 Å². The molecule has 1 amide bonds. The number of thiophene rings is 1. The van der Waals surface area contributed by atoms with E-state index in [0.29, 0.717) is 29.2 Å². The molecule has 1 aromatic heterocycles. The van der Waals surface area contributed by atoms with Gasteiger partial charge in [-0.25, -0.2) is 4.79 Å². The summed E-state index contributed by atoms with van der Waals surface area (Å²) in [5, 5.41) is 18.7. The van der Waals surface area contributed by atoms with Crippen molar-refractivity contribution in [1.82, 2.24) is 5.32 Å². The number of ether oxygens (including phenoxy) is 2. The summed E-state index contributed by atoms with van der Waals surface area (Å²) in [6, 6.07) is 13.6. The predicted molar refractivity (Wildman–Crippen MR) is 143 cm³/mol. The van der Waals surface area contributed by atoms with E-state index >= 15 is 0 Å². The highest BCUT2D eigenvalue weighted by molar-refractivity contribution is 7.80. The van der Waals surface area contributed by atoms with E-state index in [4.69, 9.17) is 21.7 Å². The van der Waals surface area contributed by atoms with Crippen LogP contribution in [0, 0.1) is 17.0 Å². The van der Waals surface area contributed by atoms with Crippen LogP contribution < -0.4 is 15.4 Å². The lowest BCUT2D eigenvalue weighted by atomic mass is 10.0. The summed E-state index contributed by atoms with van der Waals surface area (Å²) in [5.41, 5.74) is 2.17. The van der Waals surface area contributed by atoms with Gasteiger partial charge >= 0.3 is 5.97 Å². The number of nitro groups is 1. The van der Waals surface area contributed by atoms with Crippen LogP contribution in [0.1, 0.15) is 35.7 Å². The Morgan fingerprint density at radius 1 is 1.17 bits per heavy atom. The lowest BCUT2D eigenvalue weighted by Gasteiger charge is -2.11.